The number of hydrogen-bond donors (Lipinski definition) is 1. The molecule has 0 bridgehead atoms. The average Bonchev–Trinajstić information content (AvgIpc) is 2.86. The van der Waals surface area contributed by atoms with Crippen LogP contribution in [0.3, 0.4) is 0 Å². The largest absolute Gasteiger partial charge is 0.486 e. The normalized spacial score (nSPS) is 14.0. The molecule has 0 aliphatic carbocycles. The van der Waals surface area contributed by atoms with E-state index in [-0.39, 0.29) is 0 Å². The third kappa shape index (κ3) is 4.52. The molecule has 5 rings (SSSR count). The van der Waals surface area contributed by atoms with Gasteiger partial charge in [-0.15, -0.1) is 0 Å². The molecule has 1 N–H and O–H groups in total. The Hall–Kier alpha value is -3.90. The lowest BCUT2D eigenvalue weighted by Crippen LogP contribution is -2.28. The summed E-state index contributed by atoms with van der Waals surface area (Å²) in [7, 11) is 0. The monoisotopic (exact) mass is 483 g/mol. The molecule has 0 fully saturated rings. The van der Waals surface area contributed by atoms with Gasteiger partial charge in [0.05, 0.1) is 11.1 Å². The first-order valence-electron chi connectivity index (χ1n) is 12.0. The highest BCUT2D eigenvalue weighted by Crippen LogP contribution is 2.44. The third-order valence-corrected chi connectivity index (χ3v) is 6.12. The molecule has 0 radical (unpaired) electrons. The summed E-state index contributed by atoms with van der Waals surface area (Å²) >= 11 is 0. The van der Waals surface area contributed by atoms with E-state index in [0.717, 1.165) is 33.2 Å². The molecule has 36 heavy (non-hydrogen) atoms. The van der Waals surface area contributed by atoms with Crippen LogP contribution in [0.25, 0.3) is 33.2 Å². The molecule has 0 saturated heterocycles. The van der Waals surface area contributed by atoms with Crippen molar-refractivity contribution in [2.24, 2.45) is 0 Å². The van der Waals surface area contributed by atoms with E-state index in [1.807, 2.05) is 94.4 Å². The third-order valence-electron chi connectivity index (χ3n) is 6.12. The van der Waals surface area contributed by atoms with E-state index in [4.69, 9.17) is 19.2 Å². The average molecular weight is 484 g/mol. The minimum Gasteiger partial charge on any atom is -0.486 e. The number of carboxylic acid groups (broad SMARTS) is 1. The first-order valence-corrected chi connectivity index (χ1v) is 12.0. The molecule has 184 valence electrons. The quantitative estimate of drug-likeness (QED) is 0.345. The van der Waals surface area contributed by atoms with Crippen molar-refractivity contribution in [3.8, 4) is 33.8 Å². The summed E-state index contributed by atoms with van der Waals surface area (Å²) < 4.78 is 17.7. The minimum atomic E-state index is -1.20. The first-order chi connectivity index (χ1) is 17.2. The van der Waals surface area contributed by atoms with E-state index in [9.17, 15) is 9.90 Å². The van der Waals surface area contributed by atoms with Gasteiger partial charge in [-0.3, -0.25) is 4.98 Å². The van der Waals surface area contributed by atoms with Crippen LogP contribution in [0.1, 0.15) is 38.1 Å². The number of carboxylic acids is 1. The van der Waals surface area contributed by atoms with Crippen LogP contribution in [-0.4, -0.2) is 34.9 Å². The van der Waals surface area contributed by atoms with Gasteiger partial charge in [-0.05, 0) is 56.5 Å². The van der Waals surface area contributed by atoms with Gasteiger partial charge >= 0.3 is 5.97 Å². The molecule has 1 aliphatic heterocycles. The second-order valence-electron chi connectivity index (χ2n) is 9.86. The Morgan fingerprint density at radius 1 is 0.944 bits per heavy atom. The van der Waals surface area contributed by atoms with Crippen molar-refractivity contribution in [2.75, 3.05) is 13.2 Å². The van der Waals surface area contributed by atoms with Crippen LogP contribution in [0.2, 0.25) is 0 Å². The molecule has 2 heterocycles. The topological polar surface area (TPSA) is 77.9 Å². The Labute approximate surface area is 210 Å². The number of rotatable bonds is 5. The molecule has 1 aliphatic rings. The smallest absolute Gasteiger partial charge is 0.337 e. The molecular formula is C30H29NO5. The zero-order chi connectivity index (χ0) is 25.4. The van der Waals surface area contributed by atoms with Crippen LogP contribution in [0, 0.1) is 6.92 Å². The maximum atomic E-state index is 12.6. The number of aryl methyl sites for hydroxylation is 1. The highest BCUT2D eigenvalue weighted by molar-refractivity contribution is 6.04. The molecule has 3 aromatic carbocycles. The number of aromatic nitrogens is 1. The number of nitrogens with zero attached hydrogens (tertiary/aromatic N) is 1. The standard InChI is InChI=1S/C30H29NO5/c1-18-25(28(29(32)33)36-30(2,3)4)26(20-13-14-23-24(17-20)35-16-15-34-23)22-12-8-11-21(27(22)31-18)19-9-6-5-7-10-19/h5-14,17,28H,15-16H2,1-4H3,(H,32,33). The fourth-order valence-corrected chi connectivity index (χ4v) is 4.69. The Balaban J connectivity index is 1.84. The number of pyridine rings is 1. The van der Waals surface area contributed by atoms with Crippen LogP contribution < -0.4 is 9.47 Å². The van der Waals surface area contributed by atoms with Crippen molar-refractivity contribution in [3.05, 3.63) is 78.0 Å². The summed E-state index contributed by atoms with van der Waals surface area (Å²) in [5.74, 6) is 0.245. The summed E-state index contributed by atoms with van der Waals surface area (Å²) in [6.07, 6.45) is -1.20. The summed E-state index contributed by atoms with van der Waals surface area (Å²) in [5, 5.41) is 11.1. The SMILES string of the molecule is Cc1nc2c(-c3ccccc3)cccc2c(-c2ccc3c(c2)OCCO3)c1C(OC(C)(C)C)C(=O)O. The first kappa shape index (κ1) is 23.8. The van der Waals surface area contributed by atoms with Crippen LogP contribution in [0.5, 0.6) is 11.5 Å². The van der Waals surface area contributed by atoms with E-state index < -0.39 is 17.7 Å². The summed E-state index contributed by atoms with van der Waals surface area (Å²) in [6, 6.07) is 21.8. The van der Waals surface area contributed by atoms with Crippen LogP contribution in [0.4, 0.5) is 0 Å². The van der Waals surface area contributed by atoms with Crippen molar-refractivity contribution in [1.29, 1.82) is 0 Å². The summed E-state index contributed by atoms with van der Waals surface area (Å²) in [5.41, 5.74) is 4.86. The molecule has 1 unspecified atom stereocenters. The van der Waals surface area contributed by atoms with E-state index in [1.54, 1.807) is 0 Å². The van der Waals surface area contributed by atoms with Gasteiger partial charge < -0.3 is 19.3 Å². The van der Waals surface area contributed by atoms with Crippen molar-refractivity contribution < 1.29 is 24.1 Å². The second kappa shape index (κ2) is 9.28. The van der Waals surface area contributed by atoms with E-state index in [0.29, 0.717) is 36.0 Å². The number of fused-ring (bicyclic) bond motifs is 2. The molecule has 6 nitrogen and oxygen atoms in total. The minimum absolute atomic E-state index is 0.461. The van der Waals surface area contributed by atoms with Gasteiger partial charge in [0.15, 0.2) is 17.6 Å². The van der Waals surface area contributed by atoms with Crippen molar-refractivity contribution in [1.82, 2.24) is 4.98 Å². The number of hydrogen-bond acceptors (Lipinski definition) is 5. The van der Waals surface area contributed by atoms with Gasteiger partial charge in [0.1, 0.15) is 13.2 Å². The summed E-state index contributed by atoms with van der Waals surface area (Å²) in [6.45, 7) is 8.36. The maximum Gasteiger partial charge on any atom is 0.337 e. The maximum absolute atomic E-state index is 12.6. The van der Waals surface area contributed by atoms with Gasteiger partial charge in [-0.25, -0.2) is 4.79 Å². The molecule has 6 heteroatoms. The Morgan fingerprint density at radius 2 is 1.67 bits per heavy atom. The van der Waals surface area contributed by atoms with Gasteiger partial charge in [0.25, 0.3) is 0 Å². The number of benzene rings is 3. The van der Waals surface area contributed by atoms with Crippen molar-refractivity contribution in [3.63, 3.8) is 0 Å². The predicted molar refractivity (Wildman–Crippen MR) is 140 cm³/mol. The van der Waals surface area contributed by atoms with E-state index in [1.165, 1.54) is 0 Å². The van der Waals surface area contributed by atoms with Crippen LogP contribution in [0.15, 0.2) is 66.7 Å². The molecule has 0 amide bonds. The number of aliphatic carboxylic acids is 1. The highest BCUT2D eigenvalue weighted by Gasteiger charge is 2.33. The van der Waals surface area contributed by atoms with Crippen LogP contribution >= 0.6 is 0 Å². The van der Waals surface area contributed by atoms with E-state index in [2.05, 4.69) is 0 Å². The lowest BCUT2D eigenvalue weighted by molar-refractivity contribution is -0.160. The molecule has 0 spiro atoms. The molecular weight excluding hydrogens is 454 g/mol. The molecule has 0 saturated carbocycles. The van der Waals surface area contributed by atoms with Gasteiger partial charge in [0.2, 0.25) is 0 Å². The number of ether oxygens (including phenoxy) is 3. The molecule has 1 aromatic heterocycles. The molecule has 1 atom stereocenters. The Morgan fingerprint density at radius 3 is 2.36 bits per heavy atom. The van der Waals surface area contributed by atoms with Gasteiger partial charge in [0, 0.05) is 22.2 Å². The Kier molecular flexibility index (Phi) is 6.14. The highest BCUT2D eigenvalue weighted by atomic mass is 16.6. The van der Waals surface area contributed by atoms with Crippen molar-refractivity contribution >= 4 is 16.9 Å². The predicted octanol–water partition coefficient (Wildman–Crippen LogP) is 6.59. The zero-order valence-corrected chi connectivity index (χ0v) is 20.9. The van der Waals surface area contributed by atoms with Gasteiger partial charge in [-0.2, -0.15) is 0 Å². The number of carbonyl (C=O) groups is 1. The van der Waals surface area contributed by atoms with Crippen LogP contribution in [-0.2, 0) is 9.53 Å². The van der Waals surface area contributed by atoms with E-state index >= 15 is 0 Å². The lowest BCUT2D eigenvalue weighted by Gasteiger charge is -2.28. The number of para-hydroxylation sites is 1. The second-order valence-corrected chi connectivity index (χ2v) is 9.86. The Bertz CT molecular complexity index is 1440. The lowest BCUT2D eigenvalue weighted by atomic mass is 9.89. The molecule has 4 aromatic rings. The fraction of sp³-hybridized carbons (Fsp3) is 0.267. The van der Waals surface area contributed by atoms with Gasteiger partial charge in [-0.1, -0.05) is 54.6 Å². The summed E-state index contributed by atoms with van der Waals surface area (Å²) in [4.78, 5) is 17.5. The zero-order valence-electron chi connectivity index (χ0n) is 20.9. The van der Waals surface area contributed by atoms with Crippen molar-refractivity contribution in [2.45, 2.75) is 39.4 Å². The fourth-order valence-electron chi connectivity index (χ4n) is 4.69.